The molecular weight excluding hydrogens is 487 g/mol. The number of esters is 1. The van der Waals surface area contributed by atoms with E-state index in [-0.39, 0.29) is 17.5 Å². The van der Waals surface area contributed by atoms with Gasteiger partial charge in [-0.2, -0.15) is 0 Å². The van der Waals surface area contributed by atoms with Crippen LogP contribution in [0.3, 0.4) is 0 Å². The number of ketones is 1. The number of hydrogen-bond acceptors (Lipinski definition) is 3. The molecule has 0 saturated heterocycles. The fraction of sp³-hybridized carbons (Fsp3) is 0.692. The van der Waals surface area contributed by atoms with Gasteiger partial charge in [-0.15, -0.1) is 0 Å². The standard InChI is InChI=1S/C26H33IO3/c1-25-12-10-19(30-24(29)16-4-3-5-18(27)14-16)15-17(25)6-7-20-21-8-9-23(28)26(21,2)13-11-22(20)25/h3-5,14,17,19-22H,6-13,15H2,1-2H3/t17-,19+,20+,21+,22-,25-,26+/m0/s1. The van der Waals surface area contributed by atoms with Crippen molar-refractivity contribution < 1.29 is 14.3 Å². The molecule has 30 heavy (non-hydrogen) atoms. The summed E-state index contributed by atoms with van der Waals surface area (Å²) in [6.07, 6.45) is 9.91. The highest BCUT2D eigenvalue weighted by Crippen LogP contribution is 2.65. The van der Waals surface area contributed by atoms with Gasteiger partial charge in [0, 0.05) is 15.4 Å². The predicted molar refractivity (Wildman–Crippen MR) is 125 cm³/mol. The highest BCUT2D eigenvalue weighted by Gasteiger charge is 2.60. The quantitative estimate of drug-likeness (QED) is 0.334. The average molecular weight is 520 g/mol. The van der Waals surface area contributed by atoms with Gasteiger partial charge in [-0.3, -0.25) is 4.79 Å². The van der Waals surface area contributed by atoms with Gasteiger partial charge in [-0.1, -0.05) is 19.9 Å². The van der Waals surface area contributed by atoms with Crippen LogP contribution in [0.4, 0.5) is 0 Å². The van der Waals surface area contributed by atoms with E-state index in [1.807, 2.05) is 24.3 Å². The first-order chi connectivity index (χ1) is 14.3. The number of rotatable bonds is 2. The first-order valence-corrected chi connectivity index (χ1v) is 12.9. The molecule has 0 radical (unpaired) electrons. The number of hydrogen-bond donors (Lipinski definition) is 0. The summed E-state index contributed by atoms with van der Waals surface area (Å²) in [6.45, 7) is 4.78. The number of Topliss-reactive ketones (excluding diaryl/α,β-unsaturated/α-hetero) is 1. The van der Waals surface area contributed by atoms with E-state index in [0.717, 1.165) is 53.9 Å². The minimum absolute atomic E-state index is 0.0374. The van der Waals surface area contributed by atoms with Crippen LogP contribution in [0.2, 0.25) is 0 Å². The summed E-state index contributed by atoms with van der Waals surface area (Å²) < 4.78 is 7.04. The lowest BCUT2D eigenvalue weighted by atomic mass is 9.45. The third-order valence-corrected chi connectivity index (χ3v) is 10.3. The summed E-state index contributed by atoms with van der Waals surface area (Å²) in [4.78, 5) is 25.3. The summed E-state index contributed by atoms with van der Waals surface area (Å²) in [7, 11) is 0. The third kappa shape index (κ3) is 3.27. The maximum absolute atomic E-state index is 12.7. The predicted octanol–water partition coefficient (Wildman–Crippen LogP) is 6.43. The van der Waals surface area contributed by atoms with E-state index in [1.54, 1.807) is 0 Å². The first-order valence-electron chi connectivity index (χ1n) is 11.8. The van der Waals surface area contributed by atoms with Crippen molar-refractivity contribution in [2.24, 2.45) is 34.5 Å². The molecule has 4 aliphatic rings. The maximum atomic E-state index is 12.7. The van der Waals surface area contributed by atoms with Gasteiger partial charge in [0.05, 0.1) is 5.56 Å². The molecular formula is C26H33IO3. The SMILES string of the molecule is C[C@]12CC[C@@H](OC(=O)c3cccc(I)c3)C[C@@H]1CC[C@@H]1[C@H]3CCC(=O)[C@]3(C)CC[C@@H]12. The molecule has 0 aliphatic heterocycles. The van der Waals surface area contributed by atoms with Crippen molar-refractivity contribution in [3.8, 4) is 0 Å². The first kappa shape index (κ1) is 21.0. The molecule has 0 N–H and O–H groups in total. The van der Waals surface area contributed by atoms with Gasteiger partial charge >= 0.3 is 5.97 Å². The average Bonchev–Trinajstić information content (AvgIpc) is 3.03. The van der Waals surface area contributed by atoms with Crippen molar-refractivity contribution in [1.82, 2.24) is 0 Å². The Morgan fingerprint density at radius 1 is 1.07 bits per heavy atom. The molecule has 0 unspecified atom stereocenters. The Labute approximate surface area is 193 Å². The summed E-state index contributed by atoms with van der Waals surface area (Å²) in [5.41, 5.74) is 0.974. The van der Waals surface area contributed by atoms with Gasteiger partial charge < -0.3 is 4.74 Å². The second-order valence-electron chi connectivity index (χ2n) is 10.9. The van der Waals surface area contributed by atoms with E-state index in [4.69, 9.17) is 4.74 Å². The van der Waals surface area contributed by atoms with Crippen molar-refractivity contribution in [3.05, 3.63) is 33.4 Å². The smallest absolute Gasteiger partial charge is 0.338 e. The molecule has 1 aromatic carbocycles. The van der Waals surface area contributed by atoms with Crippen molar-refractivity contribution in [2.45, 2.75) is 77.7 Å². The monoisotopic (exact) mass is 520 g/mol. The molecule has 3 nitrogen and oxygen atoms in total. The van der Waals surface area contributed by atoms with Crippen molar-refractivity contribution >= 4 is 34.3 Å². The Bertz CT molecular complexity index is 866. The van der Waals surface area contributed by atoms with Crippen LogP contribution in [0.25, 0.3) is 0 Å². The zero-order valence-electron chi connectivity index (χ0n) is 18.2. The Kier molecular flexibility index (Phi) is 5.31. The van der Waals surface area contributed by atoms with Crippen LogP contribution in [0.1, 0.15) is 82.0 Å². The normalized spacial score (nSPS) is 42.8. The summed E-state index contributed by atoms with van der Waals surface area (Å²) in [5.74, 6) is 3.08. The molecule has 0 amide bonds. The van der Waals surface area contributed by atoms with E-state index < -0.39 is 0 Å². The fourth-order valence-electron chi connectivity index (χ4n) is 7.93. The lowest BCUT2D eigenvalue weighted by molar-refractivity contribution is -0.142. The highest BCUT2D eigenvalue weighted by molar-refractivity contribution is 14.1. The maximum Gasteiger partial charge on any atom is 0.338 e. The Hall–Kier alpha value is -0.910. The Balaban J connectivity index is 1.28. The van der Waals surface area contributed by atoms with Crippen LogP contribution < -0.4 is 0 Å². The summed E-state index contributed by atoms with van der Waals surface area (Å²) in [5, 5.41) is 0. The molecule has 4 fully saturated rings. The van der Waals surface area contributed by atoms with E-state index in [9.17, 15) is 9.59 Å². The van der Waals surface area contributed by atoms with Gasteiger partial charge in [0.15, 0.2) is 0 Å². The molecule has 4 aliphatic carbocycles. The van der Waals surface area contributed by atoms with Crippen LogP contribution in [-0.2, 0) is 9.53 Å². The zero-order valence-corrected chi connectivity index (χ0v) is 20.3. The number of benzene rings is 1. The summed E-state index contributed by atoms with van der Waals surface area (Å²) >= 11 is 2.24. The number of halogens is 1. The fourth-order valence-corrected chi connectivity index (χ4v) is 8.47. The van der Waals surface area contributed by atoms with Crippen LogP contribution in [0, 0.1) is 38.1 Å². The zero-order chi connectivity index (χ0) is 21.1. The second kappa shape index (κ2) is 7.60. The van der Waals surface area contributed by atoms with Crippen LogP contribution in [0.15, 0.2) is 24.3 Å². The van der Waals surface area contributed by atoms with Gasteiger partial charge in [0.1, 0.15) is 11.9 Å². The van der Waals surface area contributed by atoms with Crippen LogP contribution >= 0.6 is 22.6 Å². The molecule has 0 bridgehead atoms. The number of carbonyl (C=O) groups excluding carboxylic acids is 2. The van der Waals surface area contributed by atoms with Crippen molar-refractivity contribution in [3.63, 3.8) is 0 Å². The number of carbonyl (C=O) groups is 2. The largest absolute Gasteiger partial charge is 0.459 e. The number of fused-ring (bicyclic) bond motifs is 5. The van der Waals surface area contributed by atoms with E-state index >= 15 is 0 Å². The van der Waals surface area contributed by atoms with Crippen molar-refractivity contribution in [1.29, 1.82) is 0 Å². The molecule has 4 heteroatoms. The minimum atomic E-state index is -0.172. The molecule has 0 heterocycles. The van der Waals surface area contributed by atoms with Gasteiger partial charge in [0.25, 0.3) is 0 Å². The van der Waals surface area contributed by atoms with Gasteiger partial charge in [-0.05, 0) is 121 Å². The topological polar surface area (TPSA) is 43.4 Å². The van der Waals surface area contributed by atoms with E-state index in [1.165, 1.54) is 19.3 Å². The van der Waals surface area contributed by atoms with Gasteiger partial charge in [0.2, 0.25) is 0 Å². The second-order valence-corrected chi connectivity index (χ2v) is 12.1. The lowest BCUT2D eigenvalue weighted by Crippen LogP contribution is -2.54. The number of ether oxygens (including phenoxy) is 1. The van der Waals surface area contributed by atoms with Gasteiger partial charge in [-0.25, -0.2) is 4.79 Å². The van der Waals surface area contributed by atoms with Crippen molar-refractivity contribution in [2.75, 3.05) is 0 Å². The Morgan fingerprint density at radius 2 is 1.90 bits per heavy atom. The molecule has 7 atom stereocenters. The van der Waals surface area contributed by atoms with Crippen LogP contribution in [-0.4, -0.2) is 17.9 Å². The third-order valence-electron chi connectivity index (χ3n) is 9.66. The van der Waals surface area contributed by atoms with E-state index in [0.29, 0.717) is 28.6 Å². The molecule has 4 saturated carbocycles. The summed E-state index contributed by atoms with van der Waals surface area (Å²) in [6, 6.07) is 7.67. The van der Waals surface area contributed by atoms with Crippen LogP contribution in [0.5, 0.6) is 0 Å². The molecule has 0 aromatic heterocycles. The lowest BCUT2D eigenvalue weighted by Gasteiger charge is -2.60. The molecule has 162 valence electrons. The highest BCUT2D eigenvalue weighted by atomic mass is 127. The minimum Gasteiger partial charge on any atom is -0.459 e. The van der Waals surface area contributed by atoms with E-state index in [2.05, 4.69) is 36.4 Å². The molecule has 5 rings (SSSR count). The Morgan fingerprint density at radius 3 is 2.70 bits per heavy atom. The molecule has 1 aromatic rings. The molecule has 0 spiro atoms.